The third-order valence-electron chi connectivity index (χ3n) is 3.80. The number of likely N-dealkylation sites (tertiary alicyclic amines) is 1. The van der Waals surface area contributed by atoms with E-state index in [1.165, 1.54) is 38.0 Å². The molecule has 4 nitrogen and oxygen atoms in total. The van der Waals surface area contributed by atoms with Crippen molar-refractivity contribution in [1.29, 1.82) is 0 Å². The number of hydrogen-bond acceptors (Lipinski definition) is 3. The molecule has 16 heavy (non-hydrogen) atoms. The average Bonchev–Trinajstić information content (AvgIpc) is 2.85. The largest absolute Gasteiger partial charge is 0.330 e. The fourth-order valence-corrected chi connectivity index (χ4v) is 2.77. The highest BCUT2D eigenvalue weighted by molar-refractivity contribution is 5.03. The number of rotatable bonds is 4. The number of nitrogens with two attached hydrogens (primary N) is 1. The van der Waals surface area contributed by atoms with E-state index in [-0.39, 0.29) is 0 Å². The molecule has 0 bridgehead atoms. The summed E-state index contributed by atoms with van der Waals surface area (Å²) < 4.78 is 2.34. The van der Waals surface area contributed by atoms with Crippen molar-refractivity contribution in [2.24, 2.45) is 5.73 Å². The highest BCUT2D eigenvalue weighted by Crippen LogP contribution is 2.33. The lowest BCUT2D eigenvalue weighted by Crippen LogP contribution is -2.24. The van der Waals surface area contributed by atoms with Gasteiger partial charge in [-0.3, -0.25) is 4.90 Å². The van der Waals surface area contributed by atoms with Crippen LogP contribution in [-0.4, -0.2) is 40.1 Å². The van der Waals surface area contributed by atoms with Gasteiger partial charge in [-0.1, -0.05) is 0 Å². The first-order chi connectivity index (χ1) is 7.88. The molecule has 2 aliphatic rings. The summed E-state index contributed by atoms with van der Waals surface area (Å²) in [5.74, 6) is 0. The molecule has 1 atom stereocenters. The van der Waals surface area contributed by atoms with Gasteiger partial charge < -0.3 is 10.3 Å². The third kappa shape index (κ3) is 1.87. The molecule has 1 saturated heterocycles. The van der Waals surface area contributed by atoms with Crippen molar-refractivity contribution in [2.75, 3.05) is 19.6 Å². The Balaban J connectivity index is 1.69. The van der Waals surface area contributed by atoms with Crippen molar-refractivity contribution in [3.8, 4) is 0 Å². The molecule has 0 aromatic carbocycles. The molecule has 2 N–H and O–H groups in total. The van der Waals surface area contributed by atoms with E-state index in [9.17, 15) is 0 Å². The van der Waals surface area contributed by atoms with Gasteiger partial charge in [-0.05, 0) is 25.8 Å². The van der Waals surface area contributed by atoms with Crippen LogP contribution in [0.5, 0.6) is 0 Å². The number of hydrogen-bond donors (Lipinski definition) is 1. The van der Waals surface area contributed by atoms with Crippen LogP contribution in [0.3, 0.4) is 0 Å². The summed E-state index contributed by atoms with van der Waals surface area (Å²) in [5.41, 5.74) is 6.92. The molecule has 1 aromatic rings. The fraction of sp³-hybridized carbons (Fsp3) is 0.750. The number of imidazole rings is 1. The summed E-state index contributed by atoms with van der Waals surface area (Å²) in [4.78, 5) is 6.90. The molecule has 0 amide bonds. The summed E-state index contributed by atoms with van der Waals surface area (Å²) >= 11 is 0. The van der Waals surface area contributed by atoms with Crippen LogP contribution < -0.4 is 5.73 Å². The summed E-state index contributed by atoms with van der Waals surface area (Å²) in [7, 11) is 0. The van der Waals surface area contributed by atoms with Crippen molar-refractivity contribution >= 4 is 0 Å². The lowest BCUT2D eigenvalue weighted by molar-refractivity contribution is 0.312. The second-order valence-electron chi connectivity index (χ2n) is 5.00. The molecular weight excluding hydrogens is 200 g/mol. The maximum atomic E-state index is 5.62. The molecule has 0 radical (unpaired) electrons. The van der Waals surface area contributed by atoms with Crippen LogP contribution >= 0.6 is 0 Å². The quantitative estimate of drug-likeness (QED) is 0.816. The molecule has 4 heteroatoms. The molecule has 1 aliphatic carbocycles. The Morgan fingerprint density at radius 3 is 2.94 bits per heavy atom. The topological polar surface area (TPSA) is 47.1 Å². The maximum absolute atomic E-state index is 5.62. The molecular formula is C12H20N4. The Morgan fingerprint density at radius 1 is 1.31 bits per heavy atom. The van der Waals surface area contributed by atoms with Crippen LogP contribution in [0, 0.1) is 0 Å². The predicted molar refractivity (Wildman–Crippen MR) is 63.2 cm³/mol. The molecule has 2 fully saturated rings. The van der Waals surface area contributed by atoms with Crippen molar-refractivity contribution in [3.05, 3.63) is 18.2 Å². The van der Waals surface area contributed by atoms with Gasteiger partial charge in [0.25, 0.3) is 0 Å². The van der Waals surface area contributed by atoms with Gasteiger partial charge >= 0.3 is 0 Å². The summed E-state index contributed by atoms with van der Waals surface area (Å²) in [6.45, 7) is 3.18. The van der Waals surface area contributed by atoms with E-state index in [2.05, 4.69) is 14.5 Å². The first-order valence-corrected chi connectivity index (χ1v) is 6.33. The van der Waals surface area contributed by atoms with Crippen LogP contribution in [0.1, 0.15) is 31.0 Å². The summed E-state index contributed by atoms with van der Waals surface area (Å²) in [5, 5.41) is 0. The van der Waals surface area contributed by atoms with E-state index in [1.807, 2.05) is 12.5 Å². The van der Waals surface area contributed by atoms with E-state index in [1.54, 1.807) is 0 Å². The smallest absolute Gasteiger partial charge is 0.0951 e. The third-order valence-corrected chi connectivity index (χ3v) is 3.80. The zero-order valence-electron chi connectivity index (χ0n) is 9.68. The number of nitrogens with zero attached hydrogens (tertiary/aromatic N) is 3. The van der Waals surface area contributed by atoms with Gasteiger partial charge in [0, 0.05) is 43.5 Å². The normalized spacial score (nSPS) is 26.4. The highest BCUT2D eigenvalue weighted by atomic mass is 15.2. The first-order valence-electron chi connectivity index (χ1n) is 6.33. The molecule has 0 spiro atoms. The maximum Gasteiger partial charge on any atom is 0.0951 e. The van der Waals surface area contributed by atoms with E-state index in [0.717, 1.165) is 12.5 Å². The second-order valence-corrected chi connectivity index (χ2v) is 5.00. The van der Waals surface area contributed by atoms with Crippen molar-refractivity contribution in [1.82, 2.24) is 14.5 Å². The zero-order chi connectivity index (χ0) is 11.0. The van der Waals surface area contributed by atoms with Gasteiger partial charge in [0.2, 0.25) is 0 Å². The van der Waals surface area contributed by atoms with Gasteiger partial charge in [-0.2, -0.15) is 0 Å². The standard InChI is InChI=1S/C12H20N4/c13-5-3-11-7-14-9-16(11)12-4-6-15(8-12)10-1-2-10/h7,9-10,12H,1-6,8,13H2. The summed E-state index contributed by atoms with van der Waals surface area (Å²) in [6, 6.07) is 1.52. The SMILES string of the molecule is NCCc1cncn1C1CCN(C2CC2)C1. The molecule has 1 aromatic heterocycles. The van der Waals surface area contributed by atoms with Gasteiger partial charge in [-0.15, -0.1) is 0 Å². The van der Waals surface area contributed by atoms with Crippen molar-refractivity contribution < 1.29 is 0 Å². The van der Waals surface area contributed by atoms with Gasteiger partial charge in [0.1, 0.15) is 0 Å². The highest BCUT2D eigenvalue weighted by Gasteiger charge is 2.35. The van der Waals surface area contributed by atoms with Crippen LogP contribution in [0.25, 0.3) is 0 Å². The van der Waals surface area contributed by atoms with E-state index >= 15 is 0 Å². The molecule has 1 unspecified atom stereocenters. The average molecular weight is 220 g/mol. The lowest BCUT2D eigenvalue weighted by atomic mass is 10.2. The Morgan fingerprint density at radius 2 is 2.19 bits per heavy atom. The fourth-order valence-electron chi connectivity index (χ4n) is 2.77. The van der Waals surface area contributed by atoms with E-state index in [4.69, 9.17) is 5.73 Å². The predicted octanol–water partition coefficient (Wildman–Crippen LogP) is 0.793. The minimum atomic E-state index is 0.629. The minimum absolute atomic E-state index is 0.629. The van der Waals surface area contributed by atoms with Crippen LogP contribution in [0.4, 0.5) is 0 Å². The van der Waals surface area contributed by atoms with Gasteiger partial charge in [0.15, 0.2) is 0 Å². The van der Waals surface area contributed by atoms with Crippen LogP contribution in [-0.2, 0) is 6.42 Å². The Bertz CT molecular complexity index is 356. The molecule has 3 rings (SSSR count). The van der Waals surface area contributed by atoms with Crippen LogP contribution in [0.15, 0.2) is 12.5 Å². The Labute approximate surface area is 96.4 Å². The Hall–Kier alpha value is -0.870. The van der Waals surface area contributed by atoms with E-state index < -0.39 is 0 Å². The molecule has 1 aliphatic heterocycles. The molecule has 88 valence electrons. The van der Waals surface area contributed by atoms with Gasteiger partial charge in [0.05, 0.1) is 6.33 Å². The summed E-state index contributed by atoms with van der Waals surface area (Å²) in [6.07, 6.45) is 8.97. The number of aromatic nitrogens is 2. The second kappa shape index (κ2) is 4.18. The molecule has 1 saturated carbocycles. The van der Waals surface area contributed by atoms with E-state index in [0.29, 0.717) is 12.6 Å². The Kier molecular flexibility index (Phi) is 2.69. The molecule has 2 heterocycles. The monoisotopic (exact) mass is 220 g/mol. The first kappa shape index (κ1) is 10.3. The van der Waals surface area contributed by atoms with Crippen molar-refractivity contribution in [3.63, 3.8) is 0 Å². The van der Waals surface area contributed by atoms with Crippen molar-refractivity contribution in [2.45, 2.75) is 37.8 Å². The zero-order valence-corrected chi connectivity index (χ0v) is 9.68. The lowest BCUT2D eigenvalue weighted by Gasteiger charge is -2.17. The van der Waals surface area contributed by atoms with Gasteiger partial charge in [-0.25, -0.2) is 4.98 Å². The van der Waals surface area contributed by atoms with Crippen LogP contribution in [0.2, 0.25) is 0 Å². The minimum Gasteiger partial charge on any atom is -0.330 e.